The molecule has 1 aromatic carbocycles. The van der Waals surface area contributed by atoms with Crippen LogP contribution in [0.4, 0.5) is 0 Å². The summed E-state index contributed by atoms with van der Waals surface area (Å²) in [5, 5.41) is 7.72. The van der Waals surface area contributed by atoms with E-state index in [-0.39, 0.29) is 12.5 Å². The summed E-state index contributed by atoms with van der Waals surface area (Å²) in [6.45, 7) is 0.968. The van der Waals surface area contributed by atoms with Crippen LogP contribution in [0.25, 0.3) is 0 Å². The number of amides is 1. The number of ether oxygens (including phenoxy) is 1. The number of nitrogens with two attached hydrogens (primary N) is 1. The Morgan fingerprint density at radius 1 is 1.48 bits per heavy atom. The van der Waals surface area contributed by atoms with Gasteiger partial charge < -0.3 is 15.4 Å². The molecule has 1 aromatic heterocycles. The van der Waals surface area contributed by atoms with Gasteiger partial charge in [-0.25, -0.2) is 4.68 Å². The topological polar surface area (TPSA) is 86.3 Å². The van der Waals surface area contributed by atoms with Gasteiger partial charge in [0.25, 0.3) is 0 Å². The van der Waals surface area contributed by atoms with Crippen LogP contribution in [0.2, 0.25) is 0 Å². The number of carbonyl (C=O) groups excluding carboxylic acids is 1. The van der Waals surface area contributed by atoms with Crippen LogP contribution in [0, 0.1) is 0 Å². The number of benzene rings is 1. The number of carbonyl (C=O) groups is 1. The maximum atomic E-state index is 12.1. The fraction of sp³-hybridized carbons (Fsp3) is 0.357. The average molecular weight is 289 g/mol. The molecular formula is C14H19N5O2. The summed E-state index contributed by atoms with van der Waals surface area (Å²) in [6, 6.07) is 7.63. The summed E-state index contributed by atoms with van der Waals surface area (Å²) in [4.78, 5) is 13.8. The number of hydrogen-bond acceptors (Lipinski definition) is 5. The first-order valence-electron chi connectivity index (χ1n) is 6.58. The molecule has 112 valence electrons. The molecule has 0 aliphatic carbocycles. The second kappa shape index (κ2) is 6.85. The van der Waals surface area contributed by atoms with Crippen LogP contribution >= 0.6 is 0 Å². The average Bonchev–Trinajstić information content (AvgIpc) is 2.95. The molecular weight excluding hydrogens is 270 g/mol. The molecule has 2 aromatic rings. The zero-order valence-corrected chi connectivity index (χ0v) is 12.2. The van der Waals surface area contributed by atoms with E-state index >= 15 is 0 Å². The number of rotatable bonds is 6. The van der Waals surface area contributed by atoms with E-state index in [1.54, 1.807) is 25.3 Å². The Balaban J connectivity index is 1.95. The highest BCUT2D eigenvalue weighted by atomic mass is 16.5. The van der Waals surface area contributed by atoms with Crippen LogP contribution in [0.1, 0.15) is 11.3 Å². The van der Waals surface area contributed by atoms with Crippen molar-refractivity contribution >= 4 is 5.91 Å². The molecule has 2 N–H and O–H groups in total. The summed E-state index contributed by atoms with van der Waals surface area (Å²) in [5.41, 5.74) is 7.13. The summed E-state index contributed by atoms with van der Waals surface area (Å²) >= 11 is 0. The van der Waals surface area contributed by atoms with Crippen LogP contribution in [-0.4, -0.2) is 40.0 Å². The SMILES string of the molecule is COc1cccc(CN(C)C(=O)Cn2cc(CN)nn2)c1. The van der Waals surface area contributed by atoms with Gasteiger partial charge in [-0.1, -0.05) is 17.3 Å². The molecule has 0 saturated carbocycles. The number of nitrogens with zero attached hydrogens (tertiary/aromatic N) is 4. The molecule has 0 atom stereocenters. The Bertz CT molecular complexity index is 611. The van der Waals surface area contributed by atoms with Gasteiger partial charge in [0.05, 0.1) is 19.0 Å². The molecule has 0 saturated heterocycles. The van der Waals surface area contributed by atoms with Crippen molar-refractivity contribution in [2.45, 2.75) is 19.6 Å². The molecule has 21 heavy (non-hydrogen) atoms. The smallest absolute Gasteiger partial charge is 0.244 e. The summed E-state index contributed by atoms with van der Waals surface area (Å²) in [5.74, 6) is 0.725. The Morgan fingerprint density at radius 2 is 2.29 bits per heavy atom. The maximum Gasteiger partial charge on any atom is 0.244 e. The fourth-order valence-electron chi connectivity index (χ4n) is 1.90. The largest absolute Gasteiger partial charge is 0.497 e. The number of likely N-dealkylation sites (N-methyl/N-ethyl adjacent to an activating group) is 1. The van der Waals surface area contributed by atoms with Gasteiger partial charge in [0.15, 0.2) is 0 Å². The van der Waals surface area contributed by atoms with Gasteiger partial charge in [0, 0.05) is 20.1 Å². The standard InChI is InChI=1S/C14H19N5O2/c1-18(8-11-4-3-5-13(6-11)21-2)14(20)10-19-9-12(7-15)16-17-19/h3-6,9H,7-8,10,15H2,1-2H3. The molecule has 0 fully saturated rings. The van der Waals surface area contributed by atoms with Crippen LogP contribution < -0.4 is 10.5 Å². The van der Waals surface area contributed by atoms with Gasteiger partial charge in [-0.2, -0.15) is 0 Å². The lowest BCUT2D eigenvalue weighted by Crippen LogP contribution is -2.30. The van der Waals surface area contributed by atoms with Crippen molar-refractivity contribution in [1.29, 1.82) is 0 Å². The van der Waals surface area contributed by atoms with E-state index in [4.69, 9.17) is 10.5 Å². The maximum absolute atomic E-state index is 12.1. The van der Waals surface area contributed by atoms with E-state index in [1.807, 2.05) is 24.3 Å². The molecule has 7 heteroatoms. The van der Waals surface area contributed by atoms with E-state index in [2.05, 4.69) is 10.3 Å². The molecule has 0 bridgehead atoms. The van der Waals surface area contributed by atoms with Crippen molar-refractivity contribution < 1.29 is 9.53 Å². The van der Waals surface area contributed by atoms with Crippen LogP contribution in [0.15, 0.2) is 30.5 Å². The Labute approximate surface area is 123 Å². The highest BCUT2D eigenvalue weighted by Crippen LogP contribution is 2.14. The minimum absolute atomic E-state index is 0.0497. The van der Waals surface area contributed by atoms with Crippen molar-refractivity contribution in [3.05, 3.63) is 41.7 Å². The summed E-state index contributed by atoms with van der Waals surface area (Å²) < 4.78 is 6.66. The van der Waals surface area contributed by atoms with Gasteiger partial charge in [0.1, 0.15) is 12.3 Å². The van der Waals surface area contributed by atoms with Gasteiger partial charge in [-0.05, 0) is 17.7 Å². The first-order chi connectivity index (χ1) is 10.1. The molecule has 7 nitrogen and oxygen atoms in total. The normalized spacial score (nSPS) is 10.4. The lowest BCUT2D eigenvalue weighted by atomic mass is 10.2. The van der Waals surface area contributed by atoms with E-state index in [9.17, 15) is 4.79 Å². The van der Waals surface area contributed by atoms with Crippen molar-refractivity contribution in [1.82, 2.24) is 19.9 Å². The second-order valence-electron chi connectivity index (χ2n) is 4.71. The molecule has 0 spiro atoms. The van der Waals surface area contributed by atoms with Crippen LogP contribution in [-0.2, 0) is 24.4 Å². The van der Waals surface area contributed by atoms with Gasteiger partial charge >= 0.3 is 0 Å². The Hall–Kier alpha value is -2.41. The zero-order chi connectivity index (χ0) is 15.2. The van der Waals surface area contributed by atoms with Crippen molar-refractivity contribution in [3.63, 3.8) is 0 Å². The van der Waals surface area contributed by atoms with Gasteiger partial charge in [0.2, 0.25) is 5.91 Å². The molecule has 0 aliphatic rings. The van der Waals surface area contributed by atoms with E-state index in [1.165, 1.54) is 4.68 Å². The highest BCUT2D eigenvalue weighted by molar-refractivity contribution is 5.75. The Morgan fingerprint density at radius 3 is 2.95 bits per heavy atom. The second-order valence-corrected chi connectivity index (χ2v) is 4.71. The lowest BCUT2D eigenvalue weighted by molar-refractivity contribution is -0.131. The van der Waals surface area contributed by atoms with E-state index in [0.29, 0.717) is 18.8 Å². The molecule has 1 amide bonds. The Kier molecular flexibility index (Phi) is 4.89. The predicted octanol–water partition coefficient (Wildman–Crippen LogP) is 0.404. The molecule has 1 heterocycles. The van der Waals surface area contributed by atoms with Crippen LogP contribution in [0.3, 0.4) is 0 Å². The predicted molar refractivity (Wildman–Crippen MR) is 77.4 cm³/mol. The molecule has 2 rings (SSSR count). The third kappa shape index (κ3) is 4.03. The van der Waals surface area contributed by atoms with Gasteiger partial charge in [-0.3, -0.25) is 4.79 Å². The first kappa shape index (κ1) is 15.0. The fourth-order valence-corrected chi connectivity index (χ4v) is 1.90. The van der Waals surface area contributed by atoms with Crippen LogP contribution in [0.5, 0.6) is 5.75 Å². The number of aromatic nitrogens is 3. The molecule has 0 unspecified atom stereocenters. The van der Waals surface area contributed by atoms with Crippen molar-refractivity contribution in [3.8, 4) is 5.75 Å². The monoisotopic (exact) mass is 289 g/mol. The first-order valence-corrected chi connectivity index (χ1v) is 6.58. The van der Waals surface area contributed by atoms with E-state index < -0.39 is 0 Å². The quantitative estimate of drug-likeness (QED) is 0.832. The third-order valence-corrected chi connectivity index (χ3v) is 3.07. The summed E-state index contributed by atoms with van der Waals surface area (Å²) in [6.07, 6.45) is 1.68. The number of methoxy groups -OCH3 is 1. The minimum atomic E-state index is -0.0497. The number of hydrogen-bond donors (Lipinski definition) is 1. The minimum Gasteiger partial charge on any atom is -0.497 e. The highest BCUT2D eigenvalue weighted by Gasteiger charge is 2.11. The van der Waals surface area contributed by atoms with Gasteiger partial charge in [-0.15, -0.1) is 5.10 Å². The van der Waals surface area contributed by atoms with Crippen molar-refractivity contribution in [2.24, 2.45) is 5.73 Å². The molecule has 0 aliphatic heterocycles. The summed E-state index contributed by atoms with van der Waals surface area (Å²) in [7, 11) is 3.37. The molecule has 0 radical (unpaired) electrons. The lowest BCUT2D eigenvalue weighted by Gasteiger charge is -2.17. The third-order valence-electron chi connectivity index (χ3n) is 3.07. The van der Waals surface area contributed by atoms with E-state index in [0.717, 1.165) is 11.3 Å². The zero-order valence-electron chi connectivity index (χ0n) is 12.2. The van der Waals surface area contributed by atoms with Crippen molar-refractivity contribution in [2.75, 3.05) is 14.2 Å².